The summed E-state index contributed by atoms with van der Waals surface area (Å²) in [6.45, 7) is 3.92. The summed E-state index contributed by atoms with van der Waals surface area (Å²) in [5, 5.41) is 13.0. The van der Waals surface area contributed by atoms with E-state index in [1.54, 1.807) is 18.9 Å². The molecule has 0 spiro atoms. The molecule has 0 bridgehead atoms. The Morgan fingerprint density at radius 2 is 1.76 bits per heavy atom. The number of aliphatic hydroxyl groups is 1. The molecule has 3 aromatic carbocycles. The number of hydrogen-bond donors (Lipinski definition) is 1. The first kappa shape index (κ1) is 17.6. The van der Waals surface area contributed by atoms with Crippen LogP contribution in [0.15, 0.2) is 84.3 Å². The van der Waals surface area contributed by atoms with Crippen LogP contribution in [0.3, 0.4) is 0 Å². The summed E-state index contributed by atoms with van der Waals surface area (Å²) in [4.78, 5) is 1.20. The van der Waals surface area contributed by atoms with Crippen LogP contribution in [-0.4, -0.2) is 18.0 Å². The van der Waals surface area contributed by atoms with Crippen LogP contribution in [0.5, 0.6) is 5.75 Å². The highest BCUT2D eigenvalue weighted by molar-refractivity contribution is 7.99. The lowest BCUT2D eigenvalue weighted by atomic mass is 9.95. The van der Waals surface area contributed by atoms with Crippen LogP contribution < -0.4 is 4.74 Å². The van der Waals surface area contributed by atoms with E-state index in [1.807, 2.05) is 60.7 Å². The topological polar surface area (TPSA) is 29.5 Å². The van der Waals surface area contributed by atoms with Gasteiger partial charge in [0.25, 0.3) is 0 Å². The van der Waals surface area contributed by atoms with Crippen LogP contribution in [0.4, 0.5) is 0 Å². The van der Waals surface area contributed by atoms with Gasteiger partial charge in [0, 0.05) is 16.6 Å². The Kier molecular flexibility index (Phi) is 5.79. The van der Waals surface area contributed by atoms with Gasteiger partial charge in [-0.2, -0.15) is 0 Å². The predicted molar refractivity (Wildman–Crippen MR) is 106 cm³/mol. The largest absolute Gasteiger partial charge is 0.497 e. The summed E-state index contributed by atoms with van der Waals surface area (Å²) in [6.07, 6.45) is 1.28. The van der Waals surface area contributed by atoms with Crippen molar-refractivity contribution in [3.63, 3.8) is 0 Å². The van der Waals surface area contributed by atoms with E-state index in [-0.39, 0.29) is 5.92 Å². The quantitative estimate of drug-likeness (QED) is 0.452. The standard InChI is InChI=1S/C22H22O2S/c1-3-16(15-25-21-7-5-4-6-8-21)22(23)19-10-9-18-14-20(24-2)12-11-17(18)13-19/h3-14,16,22-23H,1,15H2,2H3/t16-,22+/m0/s1. The van der Waals surface area contributed by atoms with E-state index in [1.165, 1.54) is 4.90 Å². The Hall–Kier alpha value is -2.23. The molecule has 3 rings (SSSR count). The van der Waals surface area contributed by atoms with Crippen molar-refractivity contribution < 1.29 is 9.84 Å². The molecule has 0 amide bonds. The van der Waals surface area contributed by atoms with Crippen LogP contribution in [-0.2, 0) is 0 Å². The maximum atomic E-state index is 10.8. The SMILES string of the molecule is C=C[C@@H](CSc1ccccc1)[C@@H](O)c1ccc2cc(OC)ccc2c1. The zero-order valence-corrected chi connectivity index (χ0v) is 15.1. The molecule has 0 fully saturated rings. The highest BCUT2D eigenvalue weighted by atomic mass is 32.2. The molecular weight excluding hydrogens is 328 g/mol. The fraction of sp³-hybridized carbons (Fsp3) is 0.182. The van der Waals surface area contributed by atoms with Crippen LogP contribution in [0.1, 0.15) is 11.7 Å². The lowest BCUT2D eigenvalue weighted by molar-refractivity contribution is 0.142. The number of fused-ring (bicyclic) bond motifs is 1. The molecule has 25 heavy (non-hydrogen) atoms. The number of methoxy groups -OCH3 is 1. The van der Waals surface area contributed by atoms with E-state index in [4.69, 9.17) is 4.74 Å². The van der Waals surface area contributed by atoms with Gasteiger partial charge < -0.3 is 9.84 Å². The Balaban J connectivity index is 1.76. The van der Waals surface area contributed by atoms with Gasteiger partial charge in [-0.05, 0) is 46.7 Å². The summed E-state index contributed by atoms with van der Waals surface area (Å²) >= 11 is 1.74. The highest BCUT2D eigenvalue weighted by Gasteiger charge is 2.18. The van der Waals surface area contributed by atoms with E-state index in [0.29, 0.717) is 0 Å². The zero-order chi connectivity index (χ0) is 17.6. The van der Waals surface area contributed by atoms with Gasteiger partial charge in [0.05, 0.1) is 13.2 Å². The molecule has 0 saturated heterocycles. The van der Waals surface area contributed by atoms with Crippen molar-refractivity contribution in [2.24, 2.45) is 5.92 Å². The molecule has 2 atom stereocenters. The molecule has 2 nitrogen and oxygen atoms in total. The molecule has 3 heteroatoms. The third-order valence-corrected chi connectivity index (χ3v) is 5.46. The number of hydrogen-bond acceptors (Lipinski definition) is 3. The first-order valence-corrected chi connectivity index (χ1v) is 9.26. The van der Waals surface area contributed by atoms with E-state index in [0.717, 1.165) is 27.8 Å². The van der Waals surface area contributed by atoms with Gasteiger partial charge >= 0.3 is 0 Å². The third kappa shape index (κ3) is 4.25. The fourth-order valence-electron chi connectivity index (χ4n) is 2.80. The van der Waals surface area contributed by atoms with Crippen LogP contribution in [0.25, 0.3) is 10.8 Å². The molecule has 0 aliphatic rings. The Morgan fingerprint density at radius 1 is 1.04 bits per heavy atom. The molecule has 0 aliphatic carbocycles. The molecule has 0 aromatic heterocycles. The molecule has 0 aliphatic heterocycles. The predicted octanol–water partition coefficient (Wildman–Crippen LogP) is 5.48. The minimum Gasteiger partial charge on any atom is -0.497 e. The van der Waals surface area contributed by atoms with Crippen LogP contribution in [0, 0.1) is 5.92 Å². The smallest absolute Gasteiger partial charge is 0.119 e. The summed E-state index contributed by atoms with van der Waals surface area (Å²) in [5.41, 5.74) is 0.913. The Labute approximate surface area is 153 Å². The normalized spacial score (nSPS) is 13.4. The van der Waals surface area contributed by atoms with Gasteiger partial charge in [0.2, 0.25) is 0 Å². The van der Waals surface area contributed by atoms with Crippen molar-refractivity contribution in [1.29, 1.82) is 0 Å². The second kappa shape index (κ2) is 8.24. The van der Waals surface area contributed by atoms with E-state index >= 15 is 0 Å². The minimum atomic E-state index is -0.569. The van der Waals surface area contributed by atoms with Crippen LogP contribution >= 0.6 is 11.8 Å². The van der Waals surface area contributed by atoms with E-state index < -0.39 is 6.10 Å². The monoisotopic (exact) mass is 350 g/mol. The van der Waals surface area contributed by atoms with Gasteiger partial charge in [0.15, 0.2) is 0 Å². The van der Waals surface area contributed by atoms with Crippen molar-refractivity contribution in [3.05, 3.63) is 84.9 Å². The second-order valence-corrected chi connectivity index (χ2v) is 7.03. The average molecular weight is 350 g/mol. The highest BCUT2D eigenvalue weighted by Crippen LogP contribution is 2.31. The molecule has 3 aromatic rings. The number of rotatable bonds is 7. The number of thioether (sulfide) groups is 1. The molecule has 0 unspecified atom stereocenters. The molecule has 128 valence electrons. The van der Waals surface area contributed by atoms with Crippen molar-refractivity contribution in [1.82, 2.24) is 0 Å². The van der Waals surface area contributed by atoms with Crippen molar-refractivity contribution >= 4 is 22.5 Å². The zero-order valence-electron chi connectivity index (χ0n) is 14.3. The van der Waals surface area contributed by atoms with Gasteiger partial charge in [0.1, 0.15) is 5.75 Å². The van der Waals surface area contributed by atoms with Crippen molar-refractivity contribution in [2.75, 3.05) is 12.9 Å². The first-order chi connectivity index (χ1) is 12.2. The van der Waals surface area contributed by atoms with E-state index in [9.17, 15) is 5.11 Å². The lowest BCUT2D eigenvalue weighted by Gasteiger charge is -2.20. The average Bonchev–Trinajstić information content (AvgIpc) is 2.68. The third-order valence-electron chi connectivity index (χ3n) is 4.31. The van der Waals surface area contributed by atoms with E-state index in [2.05, 4.69) is 18.7 Å². The summed E-state index contributed by atoms with van der Waals surface area (Å²) in [5.74, 6) is 1.61. The minimum absolute atomic E-state index is 0.0131. The molecular formula is C22H22O2S. The molecule has 0 saturated carbocycles. The first-order valence-electron chi connectivity index (χ1n) is 8.27. The Morgan fingerprint density at radius 3 is 2.48 bits per heavy atom. The number of ether oxygens (including phenoxy) is 1. The maximum absolute atomic E-state index is 10.8. The summed E-state index contributed by atoms with van der Waals surface area (Å²) < 4.78 is 5.26. The molecule has 1 N–H and O–H groups in total. The van der Waals surface area contributed by atoms with Gasteiger partial charge in [-0.1, -0.05) is 42.5 Å². The lowest BCUT2D eigenvalue weighted by Crippen LogP contribution is -2.12. The van der Waals surface area contributed by atoms with Crippen molar-refractivity contribution in [3.8, 4) is 5.75 Å². The summed E-state index contributed by atoms with van der Waals surface area (Å²) in [6, 6.07) is 22.2. The van der Waals surface area contributed by atoms with Crippen LogP contribution in [0.2, 0.25) is 0 Å². The number of benzene rings is 3. The molecule has 0 radical (unpaired) electrons. The van der Waals surface area contributed by atoms with Gasteiger partial charge in [-0.25, -0.2) is 0 Å². The van der Waals surface area contributed by atoms with Gasteiger partial charge in [-0.3, -0.25) is 0 Å². The van der Waals surface area contributed by atoms with Gasteiger partial charge in [-0.15, -0.1) is 18.3 Å². The van der Waals surface area contributed by atoms with Crippen molar-refractivity contribution in [2.45, 2.75) is 11.0 Å². The maximum Gasteiger partial charge on any atom is 0.119 e. The summed E-state index contributed by atoms with van der Waals surface area (Å²) in [7, 11) is 1.67. The second-order valence-electron chi connectivity index (χ2n) is 5.94. The molecule has 0 heterocycles. The fourth-order valence-corrected chi connectivity index (χ4v) is 3.85. The number of aliphatic hydroxyl groups excluding tert-OH is 1. The Bertz CT molecular complexity index is 845.